The van der Waals surface area contributed by atoms with E-state index in [0.29, 0.717) is 36.7 Å². The van der Waals surface area contributed by atoms with Crippen LogP contribution in [0.25, 0.3) is 10.9 Å². The summed E-state index contributed by atoms with van der Waals surface area (Å²) in [6.45, 7) is 0.347. The van der Waals surface area contributed by atoms with E-state index in [9.17, 15) is 14.4 Å². The third-order valence-corrected chi connectivity index (χ3v) is 3.38. The van der Waals surface area contributed by atoms with Crippen LogP contribution >= 0.6 is 0 Å². The molecule has 0 saturated carbocycles. The maximum Gasteiger partial charge on any atom is 0.328 e. The average Bonchev–Trinajstić information content (AvgIpc) is 2.49. The van der Waals surface area contributed by atoms with Crippen molar-refractivity contribution in [2.24, 2.45) is 0 Å². The van der Waals surface area contributed by atoms with E-state index in [1.807, 2.05) is 0 Å². The van der Waals surface area contributed by atoms with Gasteiger partial charge >= 0.3 is 11.7 Å². The van der Waals surface area contributed by atoms with Gasteiger partial charge in [-0.2, -0.15) is 0 Å². The highest BCUT2D eigenvalue weighted by Gasteiger charge is 2.07. The number of H-pyrrole nitrogens is 1. The minimum Gasteiger partial charge on any atom is -0.469 e. The molecule has 1 heterocycles. The van der Waals surface area contributed by atoms with Crippen molar-refractivity contribution in [2.45, 2.75) is 32.2 Å². The number of ether oxygens (including phenoxy) is 1. The molecule has 0 aliphatic rings. The summed E-state index contributed by atoms with van der Waals surface area (Å²) in [6.07, 6.45) is 2.47. The van der Waals surface area contributed by atoms with E-state index in [1.165, 1.54) is 11.7 Å². The number of carbonyl (C=O) groups excluding carboxylic acids is 1. The second-order valence-electron chi connectivity index (χ2n) is 4.82. The zero-order valence-corrected chi connectivity index (χ0v) is 11.9. The smallest absolute Gasteiger partial charge is 0.328 e. The molecule has 0 bridgehead atoms. The molecule has 6 nitrogen and oxygen atoms in total. The Balaban J connectivity index is 2.04. The van der Waals surface area contributed by atoms with Crippen LogP contribution < -0.4 is 11.2 Å². The first kappa shape index (κ1) is 15.0. The number of aromatic nitrogens is 2. The van der Waals surface area contributed by atoms with Gasteiger partial charge in [0, 0.05) is 13.0 Å². The first-order valence-electron chi connectivity index (χ1n) is 6.92. The summed E-state index contributed by atoms with van der Waals surface area (Å²) in [5.41, 5.74) is -0.122. The Kier molecular flexibility index (Phi) is 4.92. The van der Waals surface area contributed by atoms with Gasteiger partial charge in [0.25, 0.3) is 5.56 Å². The molecule has 1 aromatic carbocycles. The van der Waals surface area contributed by atoms with Crippen molar-refractivity contribution in [1.29, 1.82) is 0 Å². The summed E-state index contributed by atoms with van der Waals surface area (Å²) in [6, 6.07) is 6.94. The fraction of sp³-hybridized carbons (Fsp3) is 0.400. The lowest BCUT2D eigenvalue weighted by Gasteiger charge is -2.06. The molecule has 21 heavy (non-hydrogen) atoms. The predicted molar refractivity (Wildman–Crippen MR) is 79.3 cm³/mol. The van der Waals surface area contributed by atoms with Crippen molar-refractivity contribution >= 4 is 16.9 Å². The van der Waals surface area contributed by atoms with Crippen LogP contribution in [0.4, 0.5) is 0 Å². The van der Waals surface area contributed by atoms with Crippen LogP contribution in [0.5, 0.6) is 0 Å². The van der Waals surface area contributed by atoms with E-state index in [1.54, 1.807) is 24.3 Å². The molecule has 0 unspecified atom stereocenters. The Bertz CT molecular complexity index is 745. The number of unbranched alkanes of at least 4 members (excludes halogenated alkanes) is 2. The Morgan fingerprint density at radius 2 is 1.95 bits per heavy atom. The fourth-order valence-electron chi connectivity index (χ4n) is 2.22. The lowest BCUT2D eigenvalue weighted by atomic mass is 10.2. The maximum atomic E-state index is 12.2. The molecule has 2 rings (SSSR count). The van der Waals surface area contributed by atoms with Crippen molar-refractivity contribution in [1.82, 2.24) is 9.55 Å². The van der Waals surface area contributed by atoms with Crippen molar-refractivity contribution in [2.75, 3.05) is 7.11 Å². The number of esters is 1. The van der Waals surface area contributed by atoms with Crippen molar-refractivity contribution in [3.8, 4) is 0 Å². The molecule has 0 fully saturated rings. The number of aromatic amines is 1. The number of hydrogen-bond donors (Lipinski definition) is 1. The number of carbonyl (C=O) groups is 1. The van der Waals surface area contributed by atoms with Gasteiger partial charge in [0.05, 0.1) is 18.0 Å². The quantitative estimate of drug-likeness (QED) is 0.644. The largest absolute Gasteiger partial charge is 0.469 e. The lowest BCUT2D eigenvalue weighted by molar-refractivity contribution is -0.140. The predicted octanol–water partition coefficient (Wildman–Crippen LogP) is 1.42. The molecule has 0 saturated heterocycles. The Hall–Kier alpha value is -2.37. The van der Waals surface area contributed by atoms with Crippen LogP contribution in [0, 0.1) is 0 Å². The highest BCUT2D eigenvalue weighted by Crippen LogP contribution is 2.05. The number of fused-ring (bicyclic) bond motifs is 1. The molecule has 0 amide bonds. The molecule has 1 aromatic heterocycles. The monoisotopic (exact) mass is 290 g/mol. The maximum absolute atomic E-state index is 12.2. The van der Waals surface area contributed by atoms with Crippen molar-refractivity contribution in [3.63, 3.8) is 0 Å². The van der Waals surface area contributed by atoms with Gasteiger partial charge in [-0.3, -0.25) is 14.2 Å². The second kappa shape index (κ2) is 6.88. The zero-order valence-electron chi connectivity index (χ0n) is 11.9. The first-order valence-corrected chi connectivity index (χ1v) is 6.92. The third kappa shape index (κ3) is 3.59. The second-order valence-corrected chi connectivity index (χ2v) is 4.82. The molecule has 112 valence electrons. The van der Waals surface area contributed by atoms with Crippen LogP contribution in [-0.4, -0.2) is 22.6 Å². The minimum absolute atomic E-state index is 0.240. The molecule has 0 aliphatic carbocycles. The Labute approximate surface area is 121 Å². The van der Waals surface area contributed by atoms with Crippen LogP contribution in [0.1, 0.15) is 25.7 Å². The molecular weight excluding hydrogens is 272 g/mol. The molecule has 0 spiro atoms. The van der Waals surface area contributed by atoms with Crippen molar-refractivity contribution < 1.29 is 9.53 Å². The van der Waals surface area contributed by atoms with Crippen LogP contribution in [-0.2, 0) is 16.1 Å². The lowest BCUT2D eigenvalue weighted by Crippen LogP contribution is -2.35. The Morgan fingerprint density at radius 1 is 1.19 bits per heavy atom. The summed E-state index contributed by atoms with van der Waals surface area (Å²) in [5, 5.41) is 0.506. The summed E-state index contributed by atoms with van der Waals surface area (Å²) in [5.74, 6) is -0.240. The molecule has 1 N–H and O–H groups in total. The van der Waals surface area contributed by atoms with Gasteiger partial charge in [-0.05, 0) is 25.0 Å². The topological polar surface area (TPSA) is 81.2 Å². The van der Waals surface area contributed by atoms with Gasteiger partial charge < -0.3 is 9.72 Å². The molecule has 0 atom stereocenters. The third-order valence-electron chi connectivity index (χ3n) is 3.38. The fourth-order valence-corrected chi connectivity index (χ4v) is 2.22. The summed E-state index contributed by atoms with van der Waals surface area (Å²) < 4.78 is 5.76. The van der Waals surface area contributed by atoms with Crippen molar-refractivity contribution in [3.05, 3.63) is 45.1 Å². The van der Waals surface area contributed by atoms with E-state index in [2.05, 4.69) is 9.72 Å². The minimum atomic E-state index is -0.397. The Morgan fingerprint density at radius 3 is 2.71 bits per heavy atom. The van der Waals surface area contributed by atoms with Gasteiger partial charge in [0.1, 0.15) is 0 Å². The SMILES string of the molecule is COC(=O)CCCCCn1c(=O)[nH]c2ccccc2c1=O. The number of methoxy groups -OCH3 is 1. The standard InChI is InChI=1S/C15H18N2O4/c1-21-13(18)9-3-2-6-10-17-14(19)11-7-4-5-8-12(11)16-15(17)20/h4-5,7-8H,2-3,6,9-10H2,1H3,(H,16,20). The van der Waals surface area contributed by atoms with E-state index in [0.717, 1.165) is 6.42 Å². The number of hydrogen-bond acceptors (Lipinski definition) is 4. The number of rotatable bonds is 6. The molecule has 0 radical (unpaired) electrons. The van der Waals surface area contributed by atoms with Crippen LogP contribution in [0.15, 0.2) is 33.9 Å². The summed E-state index contributed by atoms with van der Waals surface area (Å²) in [4.78, 5) is 37.8. The number of nitrogens with zero attached hydrogens (tertiary/aromatic N) is 1. The average molecular weight is 290 g/mol. The van der Waals surface area contributed by atoms with Gasteiger partial charge in [-0.1, -0.05) is 18.6 Å². The first-order chi connectivity index (χ1) is 10.1. The van der Waals surface area contributed by atoms with E-state index in [-0.39, 0.29) is 11.5 Å². The highest BCUT2D eigenvalue weighted by molar-refractivity contribution is 5.76. The van der Waals surface area contributed by atoms with E-state index >= 15 is 0 Å². The summed E-state index contributed by atoms with van der Waals surface area (Å²) in [7, 11) is 1.36. The van der Waals surface area contributed by atoms with Crippen LogP contribution in [0.2, 0.25) is 0 Å². The number of nitrogens with one attached hydrogen (secondary N) is 1. The zero-order chi connectivity index (χ0) is 15.2. The molecular formula is C15H18N2O4. The van der Waals surface area contributed by atoms with Gasteiger partial charge in [-0.15, -0.1) is 0 Å². The van der Waals surface area contributed by atoms with E-state index < -0.39 is 5.69 Å². The number of benzene rings is 1. The molecule has 2 aromatic rings. The normalized spacial score (nSPS) is 10.7. The van der Waals surface area contributed by atoms with Gasteiger partial charge in [0.2, 0.25) is 0 Å². The van der Waals surface area contributed by atoms with Gasteiger partial charge in [-0.25, -0.2) is 4.79 Å². The summed E-state index contributed by atoms with van der Waals surface area (Å²) >= 11 is 0. The van der Waals surface area contributed by atoms with Crippen LogP contribution in [0.3, 0.4) is 0 Å². The van der Waals surface area contributed by atoms with Gasteiger partial charge in [0.15, 0.2) is 0 Å². The van der Waals surface area contributed by atoms with E-state index in [4.69, 9.17) is 0 Å². The number of para-hydroxylation sites is 1. The molecule has 0 aliphatic heterocycles. The molecule has 6 heteroatoms. The highest BCUT2D eigenvalue weighted by atomic mass is 16.5.